The largest absolute Gasteiger partial charge is 0.497 e. The van der Waals surface area contributed by atoms with Gasteiger partial charge in [0.25, 0.3) is 0 Å². The van der Waals surface area contributed by atoms with E-state index in [2.05, 4.69) is 15.5 Å². The second kappa shape index (κ2) is 8.15. The molecule has 2 aliphatic rings. The van der Waals surface area contributed by atoms with Crippen molar-refractivity contribution in [3.63, 3.8) is 0 Å². The van der Waals surface area contributed by atoms with E-state index in [1.807, 2.05) is 41.3 Å². The fraction of sp³-hybridized carbons (Fsp3) is 0.476. The summed E-state index contributed by atoms with van der Waals surface area (Å²) in [5.74, 6) is 0.839. The molecule has 6 nitrogen and oxygen atoms in total. The van der Waals surface area contributed by atoms with Gasteiger partial charge in [-0.3, -0.25) is 4.90 Å². The van der Waals surface area contributed by atoms with Gasteiger partial charge in [-0.05, 0) is 47.9 Å². The van der Waals surface area contributed by atoms with E-state index in [1.54, 1.807) is 7.11 Å². The molecule has 2 aromatic rings. The van der Waals surface area contributed by atoms with E-state index in [4.69, 9.17) is 4.74 Å². The lowest BCUT2D eigenvalue weighted by molar-refractivity contribution is 0.103. The molecule has 6 heteroatoms. The number of urea groups is 1. The van der Waals surface area contributed by atoms with Gasteiger partial charge in [0.05, 0.1) is 7.11 Å². The Morgan fingerprint density at radius 3 is 2.70 bits per heavy atom. The number of nitrogens with zero attached hydrogens (tertiary/aromatic N) is 2. The quantitative estimate of drug-likeness (QED) is 0.875. The Morgan fingerprint density at radius 2 is 1.89 bits per heavy atom. The number of anilines is 1. The van der Waals surface area contributed by atoms with Crippen LogP contribution in [0.5, 0.6) is 5.75 Å². The number of carbonyl (C=O) groups is 1. The van der Waals surface area contributed by atoms with Gasteiger partial charge in [0.1, 0.15) is 5.75 Å². The Kier molecular flexibility index (Phi) is 5.45. The molecule has 2 N–H and O–H groups in total. The predicted molar refractivity (Wildman–Crippen MR) is 109 cm³/mol. The second-order valence-electron chi connectivity index (χ2n) is 7.39. The van der Waals surface area contributed by atoms with Crippen LogP contribution in [0.15, 0.2) is 36.4 Å². The molecule has 144 valence electrons. The van der Waals surface area contributed by atoms with Gasteiger partial charge in [-0.25, -0.2) is 4.79 Å². The molecule has 0 radical (unpaired) electrons. The maximum absolute atomic E-state index is 12.8. The van der Waals surface area contributed by atoms with E-state index in [-0.39, 0.29) is 6.03 Å². The Morgan fingerprint density at radius 1 is 1.11 bits per heavy atom. The molecule has 2 aromatic carbocycles. The highest BCUT2D eigenvalue weighted by molar-refractivity contribution is 5.94. The van der Waals surface area contributed by atoms with Gasteiger partial charge in [0.2, 0.25) is 0 Å². The molecule has 1 unspecified atom stereocenters. The average Bonchev–Trinajstić information content (AvgIpc) is 2.74. The standard InChI is InChI=1S/C21H28N4O2/c1-27-20-7-5-16-13-18(6-4-17(16)14-20)23-21(26)25-10-2-3-19(15-25)24-11-8-22-9-12-24/h4-7,13-14,19,22H,2-3,8-12,15H2,1H3,(H,23,26). The number of nitrogens with one attached hydrogen (secondary N) is 2. The number of rotatable bonds is 3. The van der Waals surface area contributed by atoms with Crippen LogP contribution in [0.2, 0.25) is 0 Å². The molecule has 2 heterocycles. The summed E-state index contributed by atoms with van der Waals surface area (Å²) in [5.41, 5.74) is 0.835. The van der Waals surface area contributed by atoms with Gasteiger partial charge < -0.3 is 20.3 Å². The van der Waals surface area contributed by atoms with E-state index in [1.165, 1.54) is 6.42 Å². The van der Waals surface area contributed by atoms with E-state index >= 15 is 0 Å². The smallest absolute Gasteiger partial charge is 0.321 e. The molecular formula is C21H28N4O2. The summed E-state index contributed by atoms with van der Waals surface area (Å²) in [5, 5.41) is 8.67. The molecule has 0 saturated carbocycles. The summed E-state index contributed by atoms with van der Waals surface area (Å²) in [4.78, 5) is 17.3. The number of carbonyl (C=O) groups excluding carboxylic acids is 1. The monoisotopic (exact) mass is 368 g/mol. The Balaban J connectivity index is 1.41. The Labute approximate surface area is 160 Å². The zero-order chi connectivity index (χ0) is 18.6. The Hall–Kier alpha value is -2.31. The maximum Gasteiger partial charge on any atom is 0.321 e. The molecule has 0 bridgehead atoms. The number of piperidine rings is 1. The topological polar surface area (TPSA) is 56.8 Å². The van der Waals surface area contributed by atoms with Crippen molar-refractivity contribution in [3.8, 4) is 5.75 Å². The van der Waals surface area contributed by atoms with Crippen LogP contribution in [0.4, 0.5) is 10.5 Å². The highest BCUT2D eigenvalue weighted by Gasteiger charge is 2.28. The minimum Gasteiger partial charge on any atom is -0.497 e. The lowest BCUT2D eigenvalue weighted by Gasteiger charge is -2.41. The summed E-state index contributed by atoms with van der Waals surface area (Å²) in [7, 11) is 1.67. The lowest BCUT2D eigenvalue weighted by Crippen LogP contribution is -2.55. The van der Waals surface area contributed by atoms with Crippen LogP contribution in [-0.2, 0) is 0 Å². The summed E-state index contributed by atoms with van der Waals surface area (Å²) in [6, 6.07) is 12.4. The number of hydrogen-bond acceptors (Lipinski definition) is 4. The molecule has 27 heavy (non-hydrogen) atoms. The van der Waals surface area contributed by atoms with Gasteiger partial charge in [0, 0.05) is 51.0 Å². The fourth-order valence-electron chi connectivity index (χ4n) is 4.12. The van der Waals surface area contributed by atoms with Crippen LogP contribution in [0.25, 0.3) is 10.8 Å². The van der Waals surface area contributed by atoms with Crippen LogP contribution >= 0.6 is 0 Å². The number of piperazine rings is 1. The number of benzene rings is 2. The number of hydrogen-bond donors (Lipinski definition) is 2. The minimum atomic E-state index is 0.00250. The first-order valence-corrected chi connectivity index (χ1v) is 9.81. The maximum atomic E-state index is 12.8. The van der Waals surface area contributed by atoms with Crippen LogP contribution in [0.3, 0.4) is 0 Å². The number of methoxy groups -OCH3 is 1. The van der Waals surface area contributed by atoms with Crippen molar-refractivity contribution in [2.75, 3.05) is 51.7 Å². The van der Waals surface area contributed by atoms with Crippen LogP contribution < -0.4 is 15.4 Å². The third kappa shape index (κ3) is 4.17. The summed E-state index contributed by atoms with van der Waals surface area (Å²) in [6.07, 6.45) is 2.25. The first-order valence-electron chi connectivity index (χ1n) is 9.81. The van der Waals surface area contributed by atoms with Gasteiger partial charge >= 0.3 is 6.03 Å². The molecule has 2 saturated heterocycles. The van der Waals surface area contributed by atoms with Crippen molar-refractivity contribution in [1.29, 1.82) is 0 Å². The van der Waals surface area contributed by atoms with Crippen molar-refractivity contribution in [3.05, 3.63) is 36.4 Å². The molecule has 2 fully saturated rings. The van der Waals surface area contributed by atoms with Crippen molar-refractivity contribution in [2.45, 2.75) is 18.9 Å². The van der Waals surface area contributed by atoms with Crippen LogP contribution in [0, 0.1) is 0 Å². The van der Waals surface area contributed by atoms with E-state index in [9.17, 15) is 4.79 Å². The first kappa shape index (κ1) is 18.1. The zero-order valence-electron chi connectivity index (χ0n) is 15.9. The second-order valence-corrected chi connectivity index (χ2v) is 7.39. The third-order valence-corrected chi connectivity index (χ3v) is 5.65. The number of amides is 2. The van der Waals surface area contributed by atoms with E-state index in [0.717, 1.165) is 67.9 Å². The van der Waals surface area contributed by atoms with E-state index < -0.39 is 0 Å². The SMILES string of the molecule is COc1ccc2cc(NC(=O)N3CCCC(N4CCNCC4)C3)ccc2c1. The Bertz CT molecular complexity index is 804. The zero-order valence-corrected chi connectivity index (χ0v) is 15.9. The van der Waals surface area contributed by atoms with Crippen molar-refractivity contribution in [1.82, 2.24) is 15.1 Å². The molecule has 0 aromatic heterocycles. The lowest BCUT2D eigenvalue weighted by atomic mass is 10.0. The predicted octanol–water partition coefficient (Wildman–Crippen LogP) is 2.75. The summed E-state index contributed by atoms with van der Waals surface area (Å²) < 4.78 is 5.27. The van der Waals surface area contributed by atoms with Crippen molar-refractivity contribution < 1.29 is 9.53 Å². The number of fused-ring (bicyclic) bond motifs is 1. The molecule has 1 atom stereocenters. The third-order valence-electron chi connectivity index (χ3n) is 5.65. The van der Waals surface area contributed by atoms with Crippen LogP contribution in [0.1, 0.15) is 12.8 Å². The highest BCUT2D eigenvalue weighted by atomic mass is 16.5. The van der Waals surface area contributed by atoms with E-state index in [0.29, 0.717) is 6.04 Å². The fourth-order valence-corrected chi connectivity index (χ4v) is 4.12. The number of likely N-dealkylation sites (tertiary alicyclic amines) is 1. The minimum absolute atomic E-state index is 0.00250. The summed E-state index contributed by atoms with van der Waals surface area (Å²) in [6.45, 7) is 5.90. The molecule has 0 spiro atoms. The van der Waals surface area contributed by atoms with Crippen molar-refractivity contribution in [2.24, 2.45) is 0 Å². The van der Waals surface area contributed by atoms with Gasteiger partial charge in [-0.15, -0.1) is 0 Å². The number of ether oxygens (including phenoxy) is 1. The highest BCUT2D eigenvalue weighted by Crippen LogP contribution is 2.24. The molecular weight excluding hydrogens is 340 g/mol. The average molecular weight is 368 g/mol. The van der Waals surface area contributed by atoms with Crippen LogP contribution in [-0.4, -0.2) is 68.3 Å². The molecule has 2 aliphatic heterocycles. The van der Waals surface area contributed by atoms with Gasteiger partial charge in [0.15, 0.2) is 0 Å². The normalized spacial score (nSPS) is 21.2. The molecule has 2 amide bonds. The molecule has 0 aliphatic carbocycles. The summed E-state index contributed by atoms with van der Waals surface area (Å²) >= 11 is 0. The van der Waals surface area contributed by atoms with Gasteiger partial charge in [-0.2, -0.15) is 0 Å². The van der Waals surface area contributed by atoms with Crippen molar-refractivity contribution >= 4 is 22.5 Å². The van der Waals surface area contributed by atoms with Gasteiger partial charge in [-0.1, -0.05) is 12.1 Å². The molecule has 4 rings (SSSR count). The first-order chi connectivity index (χ1) is 13.2.